The van der Waals surface area contributed by atoms with Gasteiger partial charge in [0.2, 0.25) is 0 Å². The highest BCUT2D eigenvalue weighted by Gasteiger charge is 2.33. The summed E-state index contributed by atoms with van der Waals surface area (Å²) >= 11 is 0. The molecule has 0 aliphatic carbocycles. The second-order valence-electron chi connectivity index (χ2n) is 5.21. The lowest BCUT2D eigenvalue weighted by Gasteiger charge is -2.28. The summed E-state index contributed by atoms with van der Waals surface area (Å²) in [7, 11) is 0. The van der Waals surface area contributed by atoms with E-state index < -0.39 is 18.6 Å². The summed E-state index contributed by atoms with van der Waals surface area (Å²) in [5.74, 6) is 0.310. The molecule has 0 fully saturated rings. The molecule has 0 heterocycles. The number of hydrogen-bond acceptors (Lipinski definition) is 1. The summed E-state index contributed by atoms with van der Waals surface area (Å²) in [5.41, 5.74) is 0.693. The van der Waals surface area contributed by atoms with E-state index in [0.717, 1.165) is 6.42 Å². The SMILES string of the molecule is CCC(NC(CC(F)(F)F)c1ccccc1)C(C)C. The molecule has 0 aromatic heterocycles. The normalized spacial score (nSPS) is 15.5. The van der Waals surface area contributed by atoms with Crippen molar-refractivity contribution in [2.75, 3.05) is 0 Å². The first-order valence-corrected chi connectivity index (χ1v) is 6.71. The quantitative estimate of drug-likeness (QED) is 0.792. The highest BCUT2D eigenvalue weighted by atomic mass is 19.4. The Bertz CT molecular complexity index is 359. The highest BCUT2D eigenvalue weighted by Crippen LogP contribution is 2.30. The smallest absolute Gasteiger partial charge is 0.307 e. The molecule has 4 heteroatoms. The first-order chi connectivity index (χ1) is 8.83. The van der Waals surface area contributed by atoms with Crippen LogP contribution in [0.2, 0.25) is 0 Å². The van der Waals surface area contributed by atoms with E-state index in [1.54, 1.807) is 24.3 Å². The summed E-state index contributed by atoms with van der Waals surface area (Å²) in [6.07, 6.45) is -4.18. The maximum atomic E-state index is 12.7. The summed E-state index contributed by atoms with van der Waals surface area (Å²) < 4.78 is 38.1. The molecule has 1 aromatic rings. The van der Waals surface area contributed by atoms with Gasteiger partial charge >= 0.3 is 6.18 Å². The zero-order valence-electron chi connectivity index (χ0n) is 11.7. The van der Waals surface area contributed by atoms with Crippen molar-refractivity contribution in [2.45, 2.75) is 51.9 Å². The molecule has 0 bridgehead atoms. The van der Waals surface area contributed by atoms with Crippen molar-refractivity contribution in [3.63, 3.8) is 0 Å². The molecule has 0 saturated carbocycles. The number of benzene rings is 1. The van der Waals surface area contributed by atoms with Crippen LogP contribution in [0.5, 0.6) is 0 Å². The third kappa shape index (κ3) is 5.64. The van der Waals surface area contributed by atoms with Gasteiger partial charge in [-0.1, -0.05) is 51.1 Å². The molecule has 19 heavy (non-hydrogen) atoms. The molecular weight excluding hydrogens is 251 g/mol. The van der Waals surface area contributed by atoms with Crippen molar-refractivity contribution in [1.82, 2.24) is 5.32 Å². The molecule has 108 valence electrons. The molecule has 1 N–H and O–H groups in total. The van der Waals surface area contributed by atoms with Crippen LogP contribution in [0.4, 0.5) is 13.2 Å². The molecule has 2 unspecified atom stereocenters. The van der Waals surface area contributed by atoms with E-state index in [9.17, 15) is 13.2 Å². The van der Waals surface area contributed by atoms with Gasteiger partial charge in [0, 0.05) is 12.1 Å². The Balaban J connectivity index is 2.87. The first-order valence-electron chi connectivity index (χ1n) is 6.71. The van der Waals surface area contributed by atoms with Crippen LogP contribution in [0.25, 0.3) is 0 Å². The summed E-state index contributed by atoms with van der Waals surface area (Å²) in [5, 5.41) is 3.16. The zero-order chi connectivity index (χ0) is 14.5. The van der Waals surface area contributed by atoms with Gasteiger partial charge in [0.25, 0.3) is 0 Å². The fourth-order valence-electron chi connectivity index (χ4n) is 2.23. The van der Waals surface area contributed by atoms with E-state index in [-0.39, 0.29) is 6.04 Å². The maximum absolute atomic E-state index is 12.7. The van der Waals surface area contributed by atoms with Crippen molar-refractivity contribution >= 4 is 0 Å². The number of rotatable bonds is 6. The number of hydrogen-bond donors (Lipinski definition) is 1. The van der Waals surface area contributed by atoms with Crippen molar-refractivity contribution in [1.29, 1.82) is 0 Å². The minimum absolute atomic E-state index is 0.0903. The fourth-order valence-corrected chi connectivity index (χ4v) is 2.23. The minimum Gasteiger partial charge on any atom is -0.307 e. The lowest BCUT2D eigenvalue weighted by molar-refractivity contribution is -0.141. The Morgan fingerprint density at radius 1 is 1.11 bits per heavy atom. The predicted molar refractivity (Wildman–Crippen MR) is 71.9 cm³/mol. The fraction of sp³-hybridized carbons (Fsp3) is 0.600. The van der Waals surface area contributed by atoms with E-state index >= 15 is 0 Å². The van der Waals surface area contributed by atoms with Gasteiger partial charge in [-0.2, -0.15) is 13.2 Å². The van der Waals surface area contributed by atoms with Crippen LogP contribution in [0.3, 0.4) is 0 Å². The first kappa shape index (κ1) is 16.0. The van der Waals surface area contributed by atoms with Gasteiger partial charge in [0.1, 0.15) is 0 Å². The molecule has 0 aliphatic rings. The van der Waals surface area contributed by atoms with Crippen molar-refractivity contribution in [3.8, 4) is 0 Å². The van der Waals surface area contributed by atoms with Crippen LogP contribution >= 0.6 is 0 Å². The average Bonchev–Trinajstić information content (AvgIpc) is 2.33. The van der Waals surface area contributed by atoms with Gasteiger partial charge in [-0.25, -0.2) is 0 Å². The van der Waals surface area contributed by atoms with Crippen LogP contribution in [0.15, 0.2) is 30.3 Å². The van der Waals surface area contributed by atoms with Crippen molar-refractivity contribution in [3.05, 3.63) is 35.9 Å². The Labute approximate surface area is 113 Å². The van der Waals surface area contributed by atoms with E-state index in [1.165, 1.54) is 0 Å². The highest BCUT2D eigenvalue weighted by molar-refractivity contribution is 5.19. The van der Waals surface area contributed by atoms with E-state index in [0.29, 0.717) is 11.5 Å². The predicted octanol–water partition coefficient (Wildman–Crippen LogP) is 4.70. The largest absolute Gasteiger partial charge is 0.390 e. The second-order valence-corrected chi connectivity index (χ2v) is 5.21. The van der Waals surface area contributed by atoms with Gasteiger partial charge < -0.3 is 5.32 Å². The Morgan fingerprint density at radius 2 is 1.68 bits per heavy atom. The van der Waals surface area contributed by atoms with Gasteiger partial charge in [-0.3, -0.25) is 0 Å². The van der Waals surface area contributed by atoms with E-state index in [2.05, 4.69) is 5.32 Å². The Hall–Kier alpha value is -1.03. The zero-order valence-corrected chi connectivity index (χ0v) is 11.7. The average molecular weight is 273 g/mol. The number of alkyl halides is 3. The van der Waals surface area contributed by atoms with Gasteiger partial charge in [0.05, 0.1) is 6.42 Å². The topological polar surface area (TPSA) is 12.0 Å². The molecule has 0 spiro atoms. The van der Waals surface area contributed by atoms with Crippen LogP contribution in [0.1, 0.15) is 45.2 Å². The molecule has 1 rings (SSSR count). The van der Waals surface area contributed by atoms with Gasteiger partial charge in [-0.05, 0) is 17.9 Å². The molecule has 1 nitrogen and oxygen atoms in total. The maximum Gasteiger partial charge on any atom is 0.390 e. The van der Waals surface area contributed by atoms with Crippen LogP contribution in [-0.4, -0.2) is 12.2 Å². The van der Waals surface area contributed by atoms with E-state index in [4.69, 9.17) is 0 Å². The molecule has 0 aliphatic heterocycles. The summed E-state index contributed by atoms with van der Waals surface area (Å²) in [4.78, 5) is 0. The number of nitrogens with one attached hydrogen (secondary N) is 1. The Morgan fingerprint density at radius 3 is 2.11 bits per heavy atom. The molecular formula is C15H22F3N. The van der Waals surface area contributed by atoms with Crippen molar-refractivity contribution in [2.24, 2.45) is 5.92 Å². The van der Waals surface area contributed by atoms with E-state index in [1.807, 2.05) is 26.8 Å². The molecule has 0 radical (unpaired) electrons. The third-order valence-electron chi connectivity index (χ3n) is 3.30. The molecule has 1 aromatic carbocycles. The Kier molecular flexibility index (Phi) is 5.85. The molecule has 0 amide bonds. The lowest BCUT2D eigenvalue weighted by atomic mass is 9.97. The molecule has 0 saturated heterocycles. The molecule has 2 atom stereocenters. The number of halogens is 3. The summed E-state index contributed by atoms with van der Waals surface area (Å²) in [6, 6.07) is 8.27. The van der Waals surface area contributed by atoms with Crippen LogP contribution < -0.4 is 5.32 Å². The lowest BCUT2D eigenvalue weighted by Crippen LogP contribution is -2.38. The van der Waals surface area contributed by atoms with Gasteiger partial charge in [-0.15, -0.1) is 0 Å². The van der Waals surface area contributed by atoms with Crippen molar-refractivity contribution < 1.29 is 13.2 Å². The van der Waals surface area contributed by atoms with Gasteiger partial charge in [0.15, 0.2) is 0 Å². The standard InChI is InChI=1S/C15H22F3N/c1-4-13(11(2)3)19-14(10-15(16,17)18)12-8-6-5-7-9-12/h5-9,11,13-14,19H,4,10H2,1-3H3. The van der Waals surface area contributed by atoms with Crippen LogP contribution in [-0.2, 0) is 0 Å². The second kappa shape index (κ2) is 6.94. The van der Waals surface area contributed by atoms with Crippen LogP contribution in [0, 0.1) is 5.92 Å². The monoisotopic (exact) mass is 273 g/mol. The summed E-state index contributed by atoms with van der Waals surface area (Å²) in [6.45, 7) is 6.04. The third-order valence-corrected chi connectivity index (χ3v) is 3.30. The minimum atomic E-state index is -4.16.